The van der Waals surface area contributed by atoms with Crippen molar-refractivity contribution in [2.75, 3.05) is 19.8 Å². The van der Waals surface area contributed by atoms with Gasteiger partial charge in [-0.3, -0.25) is 9.59 Å². The Labute approximate surface area is 260 Å². The summed E-state index contributed by atoms with van der Waals surface area (Å²) in [6.07, 6.45) is -25.0. The number of aliphatic carboxylic acids is 1. The van der Waals surface area contributed by atoms with Gasteiger partial charge in [0, 0.05) is 20.3 Å². The quantitative estimate of drug-likeness (QED) is 0.0913. The molecule has 0 radical (unpaired) electrons. The molecule has 3 fully saturated rings. The molecule has 3 aliphatic heterocycles. The second kappa shape index (κ2) is 15.8. The number of hydrogen-bond donors (Lipinski definition) is 13. The van der Waals surface area contributed by atoms with Crippen LogP contribution in [-0.2, 0) is 38.1 Å². The number of hydrogen-bond acceptors (Lipinski definition) is 18. The molecule has 266 valence electrons. The molecule has 0 bridgehead atoms. The van der Waals surface area contributed by atoms with Crippen LogP contribution >= 0.6 is 0 Å². The van der Waals surface area contributed by atoms with Crippen LogP contribution in [-0.4, -0.2) is 191 Å². The number of carboxylic acids is 1. The lowest BCUT2D eigenvalue weighted by molar-refractivity contribution is -0.357. The van der Waals surface area contributed by atoms with E-state index in [0.29, 0.717) is 0 Å². The van der Waals surface area contributed by atoms with Crippen molar-refractivity contribution in [3.05, 3.63) is 0 Å². The Morgan fingerprint density at radius 1 is 0.870 bits per heavy atom. The van der Waals surface area contributed by atoms with Crippen molar-refractivity contribution in [2.24, 2.45) is 0 Å². The van der Waals surface area contributed by atoms with Crippen molar-refractivity contribution in [2.45, 2.75) is 118 Å². The summed E-state index contributed by atoms with van der Waals surface area (Å²) in [6.45, 7) is -0.736. The summed E-state index contributed by atoms with van der Waals surface area (Å²) in [5.74, 6) is -6.21. The third-order valence-electron chi connectivity index (χ3n) is 7.87. The largest absolute Gasteiger partial charge is 0.477 e. The molecule has 0 aromatic heterocycles. The van der Waals surface area contributed by atoms with Gasteiger partial charge < -0.3 is 90.5 Å². The van der Waals surface area contributed by atoms with E-state index in [0.717, 1.165) is 13.8 Å². The molecule has 3 aliphatic rings. The predicted molar refractivity (Wildman–Crippen MR) is 142 cm³/mol. The van der Waals surface area contributed by atoms with Gasteiger partial charge in [0.2, 0.25) is 11.8 Å². The van der Waals surface area contributed by atoms with Crippen molar-refractivity contribution in [1.29, 1.82) is 0 Å². The molecule has 13 N–H and O–H groups in total. The molecule has 3 saturated heterocycles. The van der Waals surface area contributed by atoms with Gasteiger partial charge >= 0.3 is 5.97 Å². The monoisotopic (exact) mass is 674 g/mol. The molecule has 2 amide bonds. The van der Waals surface area contributed by atoms with Crippen molar-refractivity contribution >= 4 is 17.8 Å². The number of aliphatic hydroxyl groups is 10. The van der Waals surface area contributed by atoms with Gasteiger partial charge in [0.05, 0.1) is 32.0 Å². The van der Waals surface area contributed by atoms with Crippen LogP contribution < -0.4 is 10.6 Å². The second-order valence-corrected chi connectivity index (χ2v) is 11.3. The number of aliphatic hydroxyl groups excluding tert-OH is 10. The molecule has 21 heteroatoms. The number of carbonyl (C=O) groups is 3. The fourth-order valence-corrected chi connectivity index (χ4v) is 5.46. The fourth-order valence-electron chi connectivity index (χ4n) is 5.46. The van der Waals surface area contributed by atoms with Crippen molar-refractivity contribution in [3.63, 3.8) is 0 Å². The van der Waals surface area contributed by atoms with Crippen LogP contribution in [0.4, 0.5) is 0 Å². The van der Waals surface area contributed by atoms with Gasteiger partial charge in [-0.2, -0.15) is 0 Å². The second-order valence-electron chi connectivity index (χ2n) is 11.3. The molecule has 0 aromatic rings. The number of amides is 2. The summed E-state index contributed by atoms with van der Waals surface area (Å²) >= 11 is 0. The highest BCUT2D eigenvalue weighted by molar-refractivity contribution is 5.76. The molecule has 0 spiro atoms. The van der Waals surface area contributed by atoms with Crippen molar-refractivity contribution in [1.82, 2.24) is 10.6 Å². The summed E-state index contributed by atoms with van der Waals surface area (Å²) in [5, 5.41) is 117. The van der Waals surface area contributed by atoms with Gasteiger partial charge in [-0.15, -0.1) is 0 Å². The predicted octanol–water partition coefficient (Wildman–Crippen LogP) is -8.08. The number of carbonyl (C=O) groups excluding carboxylic acids is 2. The van der Waals surface area contributed by atoms with Crippen LogP contribution in [0, 0.1) is 0 Å². The van der Waals surface area contributed by atoms with Gasteiger partial charge in [0.1, 0.15) is 67.1 Å². The third-order valence-corrected chi connectivity index (χ3v) is 7.87. The van der Waals surface area contributed by atoms with Crippen molar-refractivity contribution in [3.8, 4) is 0 Å². The van der Waals surface area contributed by atoms with Crippen LogP contribution in [0.1, 0.15) is 20.3 Å². The van der Waals surface area contributed by atoms with E-state index in [-0.39, 0.29) is 0 Å². The Hall–Kier alpha value is -2.19. The van der Waals surface area contributed by atoms with E-state index in [1.165, 1.54) is 0 Å². The maximum atomic E-state index is 12.5. The molecule has 16 atom stereocenters. The van der Waals surface area contributed by atoms with E-state index in [1.807, 2.05) is 0 Å². The Morgan fingerprint density at radius 3 is 2.02 bits per heavy atom. The Bertz CT molecular complexity index is 1050. The van der Waals surface area contributed by atoms with Gasteiger partial charge in [-0.05, 0) is 0 Å². The molecule has 0 aromatic carbocycles. The van der Waals surface area contributed by atoms with Crippen LogP contribution in [0.15, 0.2) is 0 Å². The number of ether oxygens (including phenoxy) is 5. The number of rotatable bonds is 12. The lowest BCUT2D eigenvalue weighted by atomic mass is 9.88. The van der Waals surface area contributed by atoms with Crippen LogP contribution in [0.3, 0.4) is 0 Å². The number of nitrogens with one attached hydrogen (secondary N) is 2. The molecular formula is C25H42N2O19. The van der Waals surface area contributed by atoms with Crippen LogP contribution in [0.5, 0.6) is 0 Å². The Kier molecular flexibility index (Phi) is 13.1. The first-order chi connectivity index (χ1) is 21.5. The zero-order chi connectivity index (χ0) is 34.7. The van der Waals surface area contributed by atoms with E-state index < -0.39 is 142 Å². The summed E-state index contributed by atoms with van der Waals surface area (Å²) < 4.78 is 27.5. The van der Waals surface area contributed by atoms with E-state index in [9.17, 15) is 70.6 Å². The SMILES string of the molecule is CC(=O)N[C@@H]1[C@@H](O)[C@H](O[C@@H]2O[C@H](CO)[C@H](O)[C@H](O)[C@H]2O)[C@@H](CO[C@]2(C(=O)O)C[C@H](O)[C@@H](NC(C)=O)[C@H]([C@H](O)[C@H](O)CO)O2)O[C@H]1O. The van der Waals surface area contributed by atoms with Gasteiger partial charge in [-0.1, -0.05) is 0 Å². The summed E-state index contributed by atoms with van der Waals surface area (Å²) in [6, 6.07) is -3.08. The topological polar surface area (TPSA) is 344 Å². The average Bonchev–Trinajstić information content (AvgIpc) is 2.99. The van der Waals surface area contributed by atoms with Gasteiger partial charge in [-0.25, -0.2) is 4.79 Å². The highest BCUT2D eigenvalue weighted by atomic mass is 16.7. The summed E-state index contributed by atoms with van der Waals surface area (Å²) in [4.78, 5) is 36.0. The lowest BCUT2D eigenvalue weighted by Gasteiger charge is -2.48. The van der Waals surface area contributed by atoms with Gasteiger partial charge in [0.25, 0.3) is 5.79 Å². The molecule has 0 unspecified atom stereocenters. The standard InChI is InChI=1S/C25H42N2O19/c1-7(30)26-13-9(32)3-25(24(40)41,46-21(13)15(34)10(33)4-28)42-6-12-20(17(36)14(22(39)43-12)27-8(2)31)45-23-19(38)18(37)16(35)11(5-29)44-23/h9-23,28-29,32-39H,3-6H2,1-2H3,(H,26,30)(H,27,31)(H,40,41)/t9-,10+,11+,12+,13+,14+,15+,16-,17+,18-,19+,20+,21+,22+,23-,25+/m0/s1. The molecular weight excluding hydrogens is 632 g/mol. The first-order valence-electron chi connectivity index (χ1n) is 14.2. The molecule has 0 saturated carbocycles. The van der Waals surface area contributed by atoms with Crippen molar-refractivity contribution < 1.29 is 94.2 Å². The average molecular weight is 675 g/mol. The smallest absolute Gasteiger partial charge is 0.364 e. The highest BCUT2D eigenvalue weighted by Gasteiger charge is 2.57. The van der Waals surface area contributed by atoms with E-state index in [4.69, 9.17) is 23.7 Å². The minimum absolute atomic E-state index is 0.729. The molecule has 3 rings (SSSR count). The molecule has 0 aliphatic carbocycles. The van der Waals surface area contributed by atoms with Crippen LogP contribution in [0.2, 0.25) is 0 Å². The summed E-state index contributed by atoms with van der Waals surface area (Å²) in [7, 11) is 0. The lowest BCUT2D eigenvalue weighted by Crippen LogP contribution is -2.69. The maximum absolute atomic E-state index is 12.5. The fraction of sp³-hybridized carbons (Fsp3) is 0.880. The maximum Gasteiger partial charge on any atom is 0.364 e. The first kappa shape index (κ1) is 38.3. The molecule has 21 nitrogen and oxygen atoms in total. The van der Waals surface area contributed by atoms with Gasteiger partial charge in [0.15, 0.2) is 12.6 Å². The zero-order valence-electron chi connectivity index (χ0n) is 24.7. The molecule has 3 heterocycles. The van der Waals surface area contributed by atoms with E-state index in [2.05, 4.69) is 10.6 Å². The highest BCUT2D eigenvalue weighted by Crippen LogP contribution is 2.35. The minimum atomic E-state index is -2.86. The minimum Gasteiger partial charge on any atom is -0.477 e. The van der Waals surface area contributed by atoms with Crippen LogP contribution in [0.25, 0.3) is 0 Å². The molecule has 46 heavy (non-hydrogen) atoms. The zero-order valence-corrected chi connectivity index (χ0v) is 24.7. The third kappa shape index (κ3) is 8.26. The van der Waals surface area contributed by atoms with E-state index in [1.54, 1.807) is 0 Å². The van der Waals surface area contributed by atoms with E-state index >= 15 is 0 Å². The summed E-state index contributed by atoms with van der Waals surface area (Å²) in [5.41, 5.74) is 0. The first-order valence-corrected chi connectivity index (χ1v) is 14.2. The number of carboxylic acid groups (broad SMARTS) is 1. The Morgan fingerprint density at radius 2 is 1.48 bits per heavy atom. The Balaban J connectivity index is 1.93. The normalized spacial score (nSPS) is 42.9.